The van der Waals surface area contributed by atoms with Gasteiger partial charge in [-0.1, -0.05) is 0 Å². The van der Waals surface area contributed by atoms with Crippen molar-refractivity contribution in [3.63, 3.8) is 0 Å². The third-order valence-corrected chi connectivity index (χ3v) is 4.16. The highest BCUT2D eigenvalue weighted by Gasteiger charge is 2.48. The molecule has 4 amide bonds. The number of rotatable bonds is 4. The van der Waals surface area contributed by atoms with Crippen molar-refractivity contribution in [2.75, 3.05) is 11.5 Å². The van der Waals surface area contributed by atoms with E-state index in [-0.39, 0.29) is 31.6 Å². The van der Waals surface area contributed by atoms with Gasteiger partial charge >= 0.3 is 5.97 Å². The van der Waals surface area contributed by atoms with E-state index in [1.54, 1.807) is 6.92 Å². The number of benzene rings is 1. The average Bonchev–Trinajstić information content (AvgIpc) is 3.06. The maximum Gasteiger partial charge on any atom is 0.338 e. The fourth-order valence-electron chi connectivity index (χ4n) is 2.99. The molecular formula is C17H16N2O6. The van der Waals surface area contributed by atoms with Gasteiger partial charge in [0.05, 0.1) is 24.3 Å². The Balaban J connectivity index is 1.82. The normalized spacial score (nSPS) is 20.6. The molecular weight excluding hydrogens is 328 g/mol. The lowest BCUT2D eigenvalue weighted by atomic mass is 10.2. The zero-order chi connectivity index (χ0) is 18.1. The minimum atomic E-state index is -1.08. The van der Waals surface area contributed by atoms with Crippen LogP contribution in [0.15, 0.2) is 24.3 Å². The molecule has 0 aromatic heterocycles. The Morgan fingerprint density at radius 3 is 2.20 bits per heavy atom. The summed E-state index contributed by atoms with van der Waals surface area (Å²) in [5, 5.41) is 0. The molecule has 2 aliphatic rings. The second-order valence-electron chi connectivity index (χ2n) is 5.71. The van der Waals surface area contributed by atoms with Gasteiger partial charge in [0.2, 0.25) is 17.7 Å². The fourth-order valence-corrected chi connectivity index (χ4v) is 2.99. The molecule has 8 nitrogen and oxygen atoms in total. The molecule has 2 fully saturated rings. The van der Waals surface area contributed by atoms with E-state index in [4.69, 9.17) is 4.74 Å². The van der Waals surface area contributed by atoms with E-state index in [0.717, 1.165) is 9.80 Å². The predicted octanol–water partition coefficient (Wildman–Crippen LogP) is 0.644. The van der Waals surface area contributed by atoms with Gasteiger partial charge in [-0.15, -0.1) is 0 Å². The monoisotopic (exact) mass is 344 g/mol. The molecule has 0 bridgehead atoms. The van der Waals surface area contributed by atoms with Crippen LogP contribution in [-0.2, 0) is 23.9 Å². The number of nitrogens with zero attached hydrogens (tertiary/aromatic N) is 2. The van der Waals surface area contributed by atoms with E-state index in [2.05, 4.69) is 0 Å². The first-order valence-corrected chi connectivity index (χ1v) is 7.93. The Morgan fingerprint density at radius 1 is 1.04 bits per heavy atom. The summed E-state index contributed by atoms with van der Waals surface area (Å²) in [5.74, 6) is -2.48. The number of carbonyl (C=O) groups excluding carboxylic acids is 5. The maximum atomic E-state index is 12.6. The second-order valence-corrected chi connectivity index (χ2v) is 5.71. The number of carbonyl (C=O) groups is 5. The molecule has 0 aliphatic carbocycles. The van der Waals surface area contributed by atoms with Crippen LogP contribution < -0.4 is 4.90 Å². The van der Waals surface area contributed by atoms with Crippen LogP contribution in [0.4, 0.5) is 5.69 Å². The first kappa shape index (κ1) is 16.8. The number of amides is 4. The van der Waals surface area contributed by atoms with Gasteiger partial charge in [0.25, 0.3) is 5.91 Å². The van der Waals surface area contributed by atoms with E-state index in [1.807, 2.05) is 0 Å². The van der Waals surface area contributed by atoms with Crippen LogP contribution in [-0.4, -0.2) is 47.1 Å². The van der Waals surface area contributed by atoms with Crippen molar-refractivity contribution in [3.05, 3.63) is 29.8 Å². The van der Waals surface area contributed by atoms with Crippen molar-refractivity contribution in [1.82, 2.24) is 4.90 Å². The number of ether oxygens (including phenoxy) is 1. The molecule has 25 heavy (non-hydrogen) atoms. The number of likely N-dealkylation sites (tertiary alicyclic amines) is 1. The Labute approximate surface area is 143 Å². The standard InChI is InChI=1S/C17H16N2O6/c1-2-25-17(24)10-3-5-11(6-4-10)18-15(22)9-12(16(18)23)19-13(20)7-8-14(19)21/h3-6,12H,2,7-9H2,1H3/t12-/m1/s1. The van der Waals surface area contributed by atoms with Crippen molar-refractivity contribution in [2.45, 2.75) is 32.2 Å². The Morgan fingerprint density at radius 2 is 1.64 bits per heavy atom. The Kier molecular flexibility index (Phi) is 4.35. The maximum absolute atomic E-state index is 12.6. The molecule has 0 N–H and O–H groups in total. The molecule has 0 unspecified atom stereocenters. The molecule has 3 rings (SSSR count). The van der Waals surface area contributed by atoms with Gasteiger partial charge in [-0.3, -0.25) is 24.1 Å². The largest absolute Gasteiger partial charge is 0.462 e. The number of hydrogen-bond acceptors (Lipinski definition) is 6. The number of esters is 1. The molecule has 8 heteroatoms. The molecule has 2 aliphatic heterocycles. The van der Waals surface area contributed by atoms with E-state index in [0.29, 0.717) is 5.56 Å². The highest BCUT2D eigenvalue weighted by atomic mass is 16.5. The lowest BCUT2D eigenvalue weighted by Gasteiger charge is -2.20. The van der Waals surface area contributed by atoms with E-state index in [9.17, 15) is 24.0 Å². The fraction of sp³-hybridized carbons (Fsp3) is 0.353. The van der Waals surface area contributed by atoms with Gasteiger partial charge in [-0.2, -0.15) is 0 Å². The lowest BCUT2D eigenvalue weighted by Crippen LogP contribution is -2.44. The predicted molar refractivity (Wildman–Crippen MR) is 84.4 cm³/mol. The molecule has 2 saturated heterocycles. The van der Waals surface area contributed by atoms with Gasteiger partial charge in [0, 0.05) is 12.8 Å². The van der Waals surface area contributed by atoms with Gasteiger partial charge in [-0.05, 0) is 31.2 Å². The van der Waals surface area contributed by atoms with Crippen LogP contribution >= 0.6 is 0 Å². The highest BCUT2D eigenvalue weighted by molar-refractivity contribution is 6.24. The third-order valence-electron chi connectivity index (χ3n) is 4.16. The quantitative estimate of drug-likeness (QED) is 0.587. The zero-order valence-electron chi connectivity index (χ0n) is 13.6. The molecule has 1 aromatic carbocycles. The summed E-state index contributed by atoms with van der Waals surface area (Å²) in [6, 6.07) is 4.73. The molecule has 0 radical (unpaired) electrons. The van der Waals surface area contributed by atoms with Crippen molar-refractivity contribution in [1.29, 1.82) is 0 Å². The van der Waals surface area contributed by atoms with Gasteiger partial charge in [0.1, 0.15) is 6.04 Å². The van der Waals surface area contributed by atoms with Gasteiger partial charge in [0.15, 0.2) is 0 Å². The Hall–Kier alpha value is -3.03. The summed E-state index contributed by atoms with van der Waals surface area (Å²) < 4.78 is 4.88. The van der Waals surface area contributed by atoms with Crippen molar-refractivity contribution >= 4 is 35.3 Å². The van der Waals surface area contributed by atoms with Crippen LogP contribution in [0.5, 0.6) is 0 Å². The zero-order valence-corrected chi connectivity index (χ0v) is 13.6. The van der Waals surface area contributed by atoms with Crippen LogP contribution in [0.25, 0.3) is 0 Å². The number of imide groups is 2. The Bertz CT molecular complexity index is 754. The van der Waals surface area contributed by atoms with Crippen LogP contribution in [0.3, 0.4) is 0 Å². The second kappa shape index (κ2) is 6.46. The van der Waals surface area contributed by atoms with Crippen molar-refractivity contribution < 1.29 is 28.7 Å². The summed E-state index contributed by atoms with van der Waals surface area (Å²) in [6.45, 7) is 1.93. The summed E-state index contributed by atoms with van der Waals surface area (Å²) in [5.41, 5.74) is 0.579. The summed E-state index contributed by atoms with van der Waals surface area (Å²) in [6.07, 6.45) is -0.105. The van der Waals surface area contributed by atoms with Gasteiger partial charge in [-0.25, -0.2) is 9.69 Å². The number of anilines is 1. The SMILES string of the molecule is CCOC(=O)c1ccc(N2C(=O)C[C@@H](N3C(=O)CCC3=O)C2=O)cc1. The lowest BCUT2D eigenvalue weighted by molar-refractivity contribution is -0.144. The smallest absolute Gasteiger partial charge is 0.338 e. The molecule has 0 saturated carbocycles. The van der Waals surface area contributed by atoms with E-state index < -0.39 is 35.6 Å². The molecule has 0 spiro atoms. The molecule has 1 atom stereocenters. The van der Waals surface area contributed by atoms with E-state index >= 15 is 0 Å². The molecule has 2 heterocycles. The first-order chi connectivity index (χ1) is 11.9. The van der Waals surface area contributed by atoms with Crippen molar-refractivity contribution in [3.8, 4) is 0 Å². The highest BCUT2D eigenvalue weighted by Crippen LogP contribution is 2.28. The average molecular weight is 344 g/mol. The van der Waals surface area contributed by atoms with Crippen LogP contribution in [0, 0.1) is 0 Å². The minimum absolute atomic E-state index is 0.0606. The number of hydrogen-bond donors (Lipinski definition) is 0. The van der Waals surface area contributed by atoms with Gasteiger partial charge < -0.3 is 4.74 Å². The van der Waals surface area contributed by atoms with E-state index in [1.165, 1.54) is 24.3 Å². The van der Waals surface area contributed by atoms with Crippen LogP contribution in [0.1, 0.15) is 36.5 Å². The first-order valence-electron chi connectivity index (χ1n) is 7.93. The van der Waals surface area contributed by atoms with Crippen molar-refractivity contribution in [2.24, 2.45) is 0 Å². The minimum Gasteiger partial charge on any atom is -0.462 e. The topological polar surface area (TPSA) is 101 Å². The third kappa shape index (κ3) is 2.90. The molecule has 130 valence electrons. The summed E-state index contributed by atoms with van der Waals surface area (Å²) in [7, 11) is 0. The molecule has 1 aromatic rings. The van der Waals surface area contributed by atoms with Crippen LogP contribution in [0.2, 0.25) is 0 Å². The summed E-state index contributed by atoms with van der Waals surface area (Å²) >= 11 is 0. The summed E-state index contributed by atoms with van der Waals surface area (Å²) in [4.78, 5) is 62.0.